The molecular weight excluding hydrogens is 424 g/mol. The summed E-state index contributed by atoms with van der Waals surface area (Å²) in [6, 6.07) is 11.1. The third-order valence-corrected chi connectivity index (χ3v) is 5.28. The first-order valence-electron chi connectivity index (χ1n) is 12.3. The minimum atomic E-state index is -0.116. The number of rotatable bonds is 13. The third kappa shape index (κ3) is 8.40. The van der Waals surface area contributed by atoms with E-state index in [0.717, 1.165) is 48.3 Å². The van der Waals surface area contributed by atoms with Crippen molar-refractivity contribution in [3.05, 3.63) is 71.5 Å². The maximum atomic E-state index is 12.8. The molecule has 0 aliphatic carbocycles. The van der Waals surface area contributed by atoms with E-state index in [9.17, 15) is 4.79 Å². The molecule has 184 valence electrons. The van der Waals surface area contributed by atoms with Gasteiger partial charge in [-0.25, -0.2) is 0 Å². The van der Waals surface area contributed by atoms with Gasteiger partial charge in [-0.1, -0.05) is 54.0 Å². The van der Waals surface area contributed by atoms with Gasteiger partial charge in [-0.3, -0.25) is 4.79 Å². The van der Waals surface area contributed by atoms with Gasteiger partial charge in [-0.05, 0) is 67.7 Å². The Morgan fingerprint density at radius 1 is 0.941 bits per heavy atom. The zero-order chi connectivity index (χ0) is 25.1. The fourth-order valence-electron chi connectivity index (χ4n) is 3.34. The second kappa shape index (κ2) is 13.0. The van der Waals surface area contributed by atoms with Crippen molar-refractivity contribution in [2.75, 3.05) is 13.2 Å². The number of unbranched alkanes of at least 4 members (excludes halogenated alkanes) is 2. The van der Waals surface area contributed by atoms with E-state index in [1.165, 1.54) is 0 Å². The van der Waals surface area contributed by atoms with Crippen LogP contribution in [0.5, 0.6) is 17.2 Å². The lowest BCUT2D eigenvalue weighted by molar-refractivity contribution is 0.104. The summed E-state index contributed by atoms with van der Waals surface area (Å²) < 4.78 is 17.7. The van der Waals surface area contributed by atoms with E-state index in [4.69, 9.17) is 14.2 Å². The Balaban J connectivity index is 2.36. The maximum absolute atomic E-state index is 12.8. The molecule has 4 nitrogen and oxygen atoms in total. The lowest BCUT2D eigenvalue weighted by Crippen LogP contribution is -2.15. The molecule has 0 bridgehead atoms. The predicted octanol–water partition coefficient (Wildman–Crippen LogP) is 8.15. The molecule has 0 aliphatic rings. The summed E-state index contributed by atoms with van der Waals surface area (Å²) in [5.41, 5.74) is 2.45. The molecule has 0 radical (unpaired) electrons. The van der Waals surface area contributed by atoms with Gasteiger partial charge in [-0.15, -0.1) is 0 Å². The summed E-state index contributed by atoms with van der Waals surface area (Å²) in [5, 5.41) is 0. The molecule has 0 N–H and O–H groups in total. The van der Waals surface area contributed by atoms with Gasteiger partial charge < -0.3 is 14.2 Å². The average molecular weight is 465 g/mol. The van der Waals surface area contributed by atoms with Gasteiger partial charge in [0.2, 0.25) is 0 Å². The summed E-state index contributed by atoms with van der Waals surface area (Å²) in [7, 11) is 0. The second-order valence-corrected chi connectivity index (χ2v) is 9.57. The van der Waals surface area contributed by atoms with Crippen LogP contribution in [0.15, 0.2) is 54.8 Å². The van der Waals surface area contributed by atoms with Crippen molar-refractivity contribution in [1.82, 2.24) is 0 Å². The molecular formula is C30H40O4. The predicted molar refractivity (Wildman–Crippen MR) is 141 cm³/mol. The number of hydrogen-bond donors (Lipinski definition) is 0. The Labute approximate surface area is 205 Å². The molecule has 0 saturated heterocycles. The van der Waals surface area contributed by atoms with Gasteiger partial charge in [0.05, 0.1) is 19.0 Å². The number of hydrogen-bond acceptors (Lipinski definition) is 4. The molecule has 34 heavy (non-hydrogen) atoms. The van der Waals surface area contributed by atoms with Crippen molar-refractivity contribution in [2.45, 2.75) is 72.6 Å². The highest BCUT2D eigenvalue weighted by Gasteiger charge is 2.22. The third-order valence-electron chi connectivity index (χ3n) is 5.28. The summed E-state index contributed by atoms with van der Waals surface area (Å²) in [4.78, 5) is 12.8. The molecule has 2 aromatic carbocycles. The van der Waals surface area contributed by atoms with Crippen molar-refractivity contribution < 1.29 is 19.0 Å². The zero-order valence-corrected chi connectivity index (χ0v) is 21.7. The van der Waals surface area contributed by atoms with E-state index in [2.05, 4.69) is 47.3 Å². The SMILES string of the molecule is C=C(C)Oc1ccc(C(=O)C=Cc2cc(C(C)(C)C)c(OCCCC)cc2OCCCC)cc1. The second-order valence-electron chi connectivity index (χ2n) is 9.57. The van der Waals surface area contributed by atoms with Gasteiger partial charge in [0.25, 0.3) is 0 Å². The molecule has 0 fully saturated rings. The number of benzene rings is 2. The van der Waals surface area contributed by atoms with E-state index in [0.29, 0.717) is 30.3 Å². The van der Waals surface area contributed by atoms with Crippen LogP contribution in [0.4, 0.5) is 0 Å². The van der Waals surface area contributed by atoms with Gasteiger partial charge in [0.15, 0.2) is 5.78 Å². The van der Waals surface area contributed by atoms with E-state index >= 15 is 0 Å². The smallest absolute Gasteiger partial charge is 0.185 e. The van der Waals surface area contributed by atoms with Crippen LogP contribution < -0.4 is 14.2 Å². The fourth-order valence-corrected chi connectivity index (χ4v) is 3.34. The highest BCUT2D eigenvalue weighted by Crippen LogP contribution is 2.38. The van der Waals surface area contributed by atoms with Gasteiger partial charge in [0.1, 0.15) is 17.2 Å². The molecule has 0 saturated carbocycles. The molecule has 0 amide bonds. The fraction of sp³-hybridized carbons (Fsp3) is 0.433. The van der Waals surface area contributed by atoms with Crippen molar-refractivity contribution in [3.63, 3.8) is 0 Å². The summed E-state index contributed by atoms with van der Waals surface area (Å²) in [6.45, 7) is 17.6. The Morgan fingerprint density at radius 3 is 2.06 bits per heavy atom. The molecule has 0 atom stereocenters. The number of carbonyl (C=O) groups excluding carboxylic acids is 1. The van der Waals surface area contributed by atoms with Crippen LogP contribution in [0, 0.1) is 0 Å². The minimum absolute atomic E-state index is 0.0815. The molecule has 0 unspecified atom stereocenters. The van der Waals surface area contributed by atoms with E-state index in [-0.39, 0.29) is 11.2 Å². The zero-order valence-electron chi connectivity index (χ0n) is 21.7. The number of allylic oxidation sites excluding steroid dienone is 2. The van der Waals surface area contributed by atoms with Crippen molar-refractivity contribution in [2.24, 2.45) is 0 Å². The lowest BCUT2D eigenvalue weighted by Gasteiger charge is -2.25. The highest BCUT2D eigenvalue weighted by atomic mass is 16.5. The number of ketones is 1. The molecule has 2 aromatic rings. The molecule has 0 heterocycles. The van der Waals surface area contributed by atoms with E-state index in [1.807, 2.05) is 12.1 Å². The molecule has 4 heteroatoms. The monoisotopic (exact) mass is 464 g/mol. The Bertz CT molecular complexity index is 978. The first-order valence-corrected chi connectivity index (χ1v) is 12.3. The Hall–Kier alpha value is -3.01. The standard InChI is InChI=1S/C30H40O4/c1-8-10-18-32-28-21-29(33-19-11-9-2)26(30(5,6)7)20-24(28)14-17-27(31)23-12-15-25(16-13-23)34-22(3)4/h12-17,20-21H,3,8-11,18-19H2,1-2,4-7H3. The van der Waals surface area contributed by atoms with Gasteiger partial charge in [0, 0.05) is 22.8 Å². The topological polar surface area (TPSA) is 44.8 Å². The Kier molecular flexibility index (Phi) is 10.4. The largest absolute Gasteiger partial charge is 0.493 e. The highest BCUT2D eigenvalue weighted by molar-refractivity contribution is 6.07. The summed E-state index contributed by atoms with van der Waals surface area (Å²) >= 11 is 0. The van der Waals surface area contributed by atoms with Gasteiger partial charge in [-0.2, -0.15) is 0 Å². The summed E-state index contributed by atoms with van der Waals surface area (Å²) in [5.74, 6) is 2.77. The molecule has 0 aromatic heterocycles. The van der Waals surface area contributed by atoms with Crippen molar-refractivity contribution in [1.29, 1.82) is 0 Å². The molecule has 0 spiro atoms. The van der Waals surface area contributed by atoms with E-state index < -0.39 is 0 Å². The van der Waals surface area contributed by atoms with Crippen LogP contribution in [0.3, 0.4) is 0 Å². The van der Waals surface area contributed by atoms with Crippen molar-refractivity contribution in [3.8, 4) is 17.2 Å². The first kappa shape index (κ1) is 27.2. The molecule has 0 aliphatic heterocycles. The van der Waals surface area contributed by atoms with Crippen LogP contribution in [0.2, 0.25) is 0 Å². The molecule has 2 rings (SSSR count). The lowest BCUT2D eigenvalue weighted by atomic mass is 9.85. The summed E-state index contributed by atoms with van der Waals surface area (Å²) in [6.07, 6.45) is 7.53. The normalized spacial score (nSPS) is 11.5. The van der Waals surface area contributed by atoms with Crippen molar-refractivity contribution >= 4 is 11.9 Å². The van der Waals surface area contributed by atoms with Crippen LogP contribution >= 0.6 is 0 Å². The maximum Gasteiger partial charge on any atom is 0.185 e. The van der Waals surface area contributed by atoms with E-state index in [1.54, 1.807) is 37.3 Å². The first-order chi connectivity index (χ1) is 16.2. The van der Waals surface area contributed by atoms with Crippen LogP contribution in [0.25, 0.3) is 6.08 Å². The average Bonchev–Trinajstić information content (AvgIpc) is 2.77. The van der Waals surface area contributed by atoms with Crippen LogP contribution in [0.1, 0.15) is 88.7 Å². The number of ether oxygens (including phenoxy) is 3. The van der Waals surface area contributed by atoms with Crippen LogP contribution in [-0.4, -0.2) is 19.0 Å². The quantitative estimate of drug-likeness (QED) is 0.130. The van der Waals surface area contributed by atoms with Crippen LogP contribution in [-0.2, 0) is 5.41 Å². The van der Waals surface area contributed by atoms with Gasteiger partial charge >= 0.3 is 0 Å². The number of carbonyl (C=O) groups is 1. The minimum Gasteiger partial charge on any atom is -0.493 e. The Morgan fingerprint density at radius 2 is 1.53 bits per heavy atom.